The first-order chi connectivity index (χ1) is 17.6. The first kappa shape index (κ1) is 28.8. The van der Waals surface area contributed by atoms with E-state index < -0.39 is 46.6 Å². The van der Waals surface area contributed by atoms with Gasteiger partial charge in [-0.1, -0.05) is 58.9 Å². The highest BCUT2D eigenvalue weighted by molar-refractivity contribution is 5.99. The second kappa shape index (κ2) is 9.77. The van der Waals surface area contributed by atoms with Crippen molar-refractivity contribution >= 4 is 17.8 Å². The Morgan fingerprint density at radius 1 is 1.05 bits per heavy atom. The Hall–Kier alpha value is -2.19. The maximum Gasteiger partial charge on any atom is 0.313 e. The number of fused-ring (bicyclic) bond motifs is 2. The predicted molar refractivity (Wildman–Crippen MR) is 144 cm³/mol. The molecule has 0 aromatic carbocycles. The fraction of sp³-hybridized carbons (Fsp3) is 0.767. The minimum absolute atomic E-state index is 0.0339. The van der Waals surface area contributed by atoms with Crippen LogP contribution in [0, 0.1) is 23.2 Å². The van der Waals surface area contributed by atoms with Gasteiger partial charge in [-0.3, -0.25) is 14.4 Å². The Balaban J connectivity index is 1.89. The Bertz CT molecular complexity index is 1030. The topological polar surface area (TPSA) is 96.4 Å². The van der Waals surface area contributed by atoms with E-state index >= 15 is 0 Å². The van der Waals surface area contributed by atoms with E-state index in [1.54, 1.807) is 4.90 Å². The summed E-state index contributed by atoms with van der Waals surface area (Å²) in [6.07, 6.45) is 9.39. The summed E-state index contributed by atoms with van der Waals surface area (Å²) in [5.41, 5.74) is -2.99. The molecular weight excluding hydrogens is 484 g/mol. The Morgan fingerprint density at radius 3 is 2.34 bits per heavy atom. The summed E-state index contributed by atoms with van der Waals surface area (Å²) in [5.74, 6) is -2.67. The zero-order chi connectivity index (χ0) is 28.3. The predicted octanol–water partition coefficient (Wildman–Crippen LogP) is 3.48. The molecule has 4 aliphatic heterocycles. The summed E-state index contributed by atoms with van der Waals surface area (Å²) in [6.45, 7) is 16.7. The highest BCUT2D eigenvalue weighted by atomic mass is 16.6. The average Bonchev–Trinajstić information content (AvgIpc) is 3.09. The third-order valence-electron chi connectivity index (χ3n) is 8.50. The monoisotopic (exact) mass is 530 g/mol. The molecule has 2 amide bonds. The molecule has 0 aromatic rings. The van der Waals surface area contributed by atoms with E-state index in [4.69, 9.17) is 9.47 Å². The molecule has 0 bridgehead atoms. The van der Waals surface area contributed by atoms with E-state index in [2.05, 4.69) is 34.6 Å². The van der Waals surface area contributed by atoms with Crippen LogP contribution in [0.15, 0.2) is 24.3 Å². The molecule has 0 radical (unpaired) electrons. The summed E-state index contributed by atoms with van der Waals surface area (Å²) in [6, 6.07) is -1.58. The quantitative estimate of drug-likeness (QED) is 0.417. The highest BCUT2D eigenvalue weighted by Crippen LogP contribution is 2.58. The van der Waals surface area contributed by atoms with Gasteiger partial charge in [-0.15, -0.1) is 0 Å². The van der Waals surface area contributed by atoms with Crippen LogP contribution in [0.2, 0.25) is 0 Å². The molecule has 8 heteroatoms. The van der Waals surface area contributed by atoms with Gasteiger partial charge in [-0.05, 0) is 51.4 Å². The van der Waals surface area contributed by atoms with E-state index in [1.165, 1.54) is 0 Å². The smallest absolute Gasteiger partial charge is 0.313 e. The van der Waals surface area contributed by atoms with Crippen molar-refractivity contribution in [3.05, 3.63) is 24.3 Å². The number of nitrogens with zero attached hydrogens (tertiary/aromatic N) is 2. The standard InChI is InChI=1S/C30H46N2O6/c1-19(2)16-20(17-33)32-23-25(35)31(28(6,7)18-27(3,4)5)14-11-13-30(23)21(24(32)34)22-26(36)37-15-10-9-12-29(22,8)38-30/h9,11-13,19-23,33H,10,14-18H2,1-8H3/t20-,21+,22-,23?,29+,30+/m1/s1. The Morgan fingerprint density at radius 2 is 1.74 bits per heavy atom. The van der Waals surface area contributed by atoms with E-state index in [1.807, 2.05) is 50.0 Å². The number of aliphatic hydroxyl groups excluding tert-OH is 1. The minimum atomic E-state index is -1.35. The van der Waals surface area contributed by atoms with Crippen LogP contribution in [0.4, 0.5) is 0 Å². The lowest BCUT2D eigenvalue weighted by molar-refractivity contribution is -0.163. The molecule has 0 saturated carbocycles. The third kappa shape index (κ3) is 4.72. The van der Waals surface area contributed by atoms with E-state index in [0.29, 0.717) is 19.4 Å². The lowest BCUT2D eigenvalue weighted by Crippen LogP contribution is -2.62. The van der Waals surface area contributed by atoms with Crippen molar-refractivity contribution in [3.63, 3.8) is 0 Å². The van der Waals surface area contributed by atoms with E-state index in [-0.39, 0.29) is 36.4 Å². The molecule has 6 atom stereocenters. The van der Waals surface area contributed by atoms with Crippen LogP contribution in [-0.4, -0.2) is 81.3 Å². The molecule has 8 nitrogen and oxygen atoms in total. The molecule has 0 aliphatic carbocycles. The van der Waals surface area contributed by atoms with Crippen molar-refractivity contribution in [1.29, 1.82) is 0 Å². The molecule has 1 unspecified atom stereocenters. The zero-order valence-corrected chi connectivity index (χ0v) is 24.3. The molecule has 2 saturated heterocycles. The zero-order valence-electron chi connectivity index (χ0n) is 24.3. The van der Waals surface area contributed by atoms with Gasteiger partial charge in [0.2, 0.25) is 11.8 Å². The molecule has 4 heterocycles. The van der Waals surface area contributed by atoms with Gasteiger partial charge in [0.25, 0.3) is 0 Å². The normalized spacial score (nSPS) is 34.5. The van der Waals surface area contributed by atoms with Crippen LogP contribution in [0.5, 0.6) is 0 Å². The fourth-order valence-corrected chi connectivity index (χ4v) is 7.58. The van der Waals surface area contributed by atoms with Crippen LogP contribution in [0.25, 0.3) is 0 Å². The molecule has 4 aliphatic rings. The highest BCUT2D eigenvalue weighted by Gasteiger charge is 2.75. The van der Waals surface area contributed by atoms with Gasteiger partial charge in [0.15, 0.2) is 0 Å². The number of esters is 1. The summed E-state index contributed by atoms with van der Waals surface area (Å²) < 4.78 is 12.4. The van der Waals surface area contributed by atoms with E-state index in [9.17, 15) is 19.5 Å². The maximum absolute atomic E-state index is 14.7. The molecule has 38 heavy (non-hydrogen) atoms. The summed E-state index contributed by atoms with van der Waals surface area (Å²) in [7, 11) is 0. The molecule has 1 spiro atoms. The first-order valence-electron chi connectivity index (χ1n) is 14.0. The van der Waals surface area contributed by atoms with Crippen LogP contribution in [-0.2, 0) is 23.9 Å². The number of rotatable bonds is 6. The van der Waals surface area contributed by atoms with Gasteiger partial charge in [0.1, 0.15) is 17.6 Å². The van der Waals surface area contributed by atoms with Crippen LogP contribution >= 0.6 is 0 Å². The molecule has 0 aromatic heterocycles. The second-order valence-electron chi connectivity index (χ2n) is 14.0. The lowest BCUT2D eigenvalue weighted by Gasteiger charge is -2.46. The molecule has 1 N–H and O–H groups in total. The van der Waals surface area contributed by atoms with Crippen molar-refractivity contribution in [2.75, 3.05) is 19.8 Å². The number of amides is 2. The summed E-state index contributed by atoms with van der Waals surface area (Å²) in [5, 5.41) is 10.5. The number of carbonyl (C=O) groups is 3. The largest absolute Gasteiger partial charge is 0.465 e. The van der Waals surface area contributed by atoms with Crippen molar-refractivity contribution < 1.29 is 29.0 Å². The van der Waals surface area contributed by atoms with Crippen molar-refractivity contribution in [3.8, 4) is 0 Å². The molecule has 4 rings (SSSR count). The molecule has 212 valence electrons. The summed E-state index contributed by atoms with van der Waals surface area (Å²) in [4.78, 5) is 45.9. The van der Waals surface area contributed by atoms with Crippen molar-refractivity contribution in [2.45, 2.75) is 103 Å². The van der Waals surface area contributed by atoms with Gasteiger partial charge >= 0.3 is 5.97 Å². The number of likely N-dealkylation sites (tertiary alicyclic amines) is 1. The average molecular weight is 531 g/mol. The third-order valence-corrected chi connectivity index (χ3v) is 8.50. The van der Waals surface area contributed by atoms with Crippen LogP contribution < -0.4 is 0 Å². The lowest BCUT2D eigenvalue weighted by atomic mass is 9.74. The van der Waals surface area contributed by atoms with Crippen molar-refractivity contribution in [2.24, 2.45) is 23.2 Å². The number of cyclic esters (lactones) is 1. The second-order valence-corrected chi connectivity index (χ2v) is 14.0. The van der Waals surface area contributed by atoms with Gasteiger partial charge in [0, 0.05) is 12.1 Å². The molecule has 2 fully saturated rings. The van der Waals surface area contributed by atoms with E-state index in [0.717, 1.165) is 6.42 Å². The minimum Gasteiger partial charge on any atom is -0.465 e. The number of aliphatic hydroxyl groups is 1. The van der Waals surface area contributed by atoms with Gasteiger partial charge in [0.05, 0.1) is 30.8 Å². The van der Waals surface area contributed by atoms with Crippen LogP contribution in [0.3, 0.4) is 0 Å². The van der Waals surface area contributed by atoms with Gasteiger partial charge < -0.3 is 24.4 Å². The Labute approximate surface area is 227 Å². The summed E-state index contributed by atoms with van der Waals surface area (Å²) >= 11 is 0. The fourth-order valence-electron chi connectivity index (χ4n) is 7.58. The SMILES string of the molecule is CC(C)C[C@H](CO)N1C(=O)[C@@H]2[C@@H]3C(=O)OCCC=C[C@]3(C)O[C@@]23C=CCN(C(C)(C)CC(C)(C)C)C(=O)C13. The molecular formula is C30H46N2O6. The number of ether oxygens (including phenoxy) is 2. The number of carbonyl (C=O) groups excluding carboxylic acids is 3. The van der Waals surface area contributed by atoms with Crippen molar-refractivity contribution in [1.82, 2.24) is 9.80 Å². The number of hydrogen-bond acceptors (Lipinski definition) is 6. The Kier molecular flexibility index (Phi) is 7.41. The van der Waals surface area contributed by atoms with Gasteiger partial charge in [-0.25, -0.2) is 0 Å². The number of hydrogen-bond donors (Lipinski definition) is 1. The van der Waals surface area contributed by atoms with Crippen LogP contribution in [0.1, 0.15) is 74.7 Å². The van der Waals surface area contributed by atoms with Gasteiger partial charge in [-0.2, -0.15) is 0 Å². The first-order valence-corrected chi connectivity index (χ1v) is 14.0. The maximum atomic E-state index is 14.7.